The van der Waals surface area contributed by atoms with E-state index >= 15 is 0 Å². The highest BCUT2D eigenvalue weighted by atomic mass is 16.5. The number of carbonyl (C=O) groups is 2. The molecule has 10 heteroatoms. The molecule has 7 N–H and O–H groups in total. The number of para-hydroxylation sites is 1. The minimum atomic E-state index is -0.492. The molecule has 2 aromatic rings. The van der Waals surface area contributed by atoms with Gasteiger partial charge in [-0.25, -0.2) is 0 Å². The molecule has 4 rings (SSSR count). The molecule has 1 aromatic heterocycles. The van der Waals surface area contributed by atoms with Crippen molar-refractivity contribution in [3.63, 3.8) is 0 Å². The first-order valence-electron chi connectivity index (χ1n) is 16.8. The lowest BCUT2D eigenvalue weighted by atomic mass is 9.91. The summed E-state index contributed by atoms with van der Waals surface area (Å²) >= 11 is 0. The number of rotatable bonds is 16. The average molecular weight is 654 g/mol. The number of nitrogens with one attached hydrogen (secondary N) is 3. The number of likely N-dealkylation sites (N-methyl/N-ethyl adjacent to an activating group) is 1. The second-order valence-corrected chi connectivity index (χ2v) is 12.4. The summed E-state index contributed by atoms with van der Waals surface area (Å²) in [6, 6.07) is 12.1. The summed E-state index contributed by atoms with van der Waals surface area (Å²) in [5.74, 6) is 0.458. The number of nitrogens with two attached hydrogens (primary N) is 2. The molecule has 2 heterocycles. The lowest BCUT2D eigenvalue weighted by Crippen LogP contribution is -2.46. The summed E-state index contributed by atoms with van der Waals surface area (Å²) in [6.07, 6.45) is 14.6. The highest BCUT2D eigenvalue weighted by Gasteiger charge is 2.30. The molecule has 1 saturated carbocycles. The summed E-state index contributed by atoms with van der Waals surface area (Å²) < 4.78 is 5.94. The van der Waals surface area contributed by atoms with Crippen LogP contribution in [0.2, 0.25) is 0 Å². The quantitative estimate of drug-likeness (QED) is 0.124. The number of benzene rings is 1. The second-order valence-electron chi connectivity index (χ2n) is 12.4. The predicted octanol–water partition coefficient (Wildman–Crippen LogP) is 5.13. The second kappa shape index (κ2) is 17.4. The van der Waals surface area contributed by atoms with Crippen molar-refractivity contribution in [2.75, 3.05) is 32.6 Å². The van der Waals surface area contributed by atoms with Gasteiger partial charge >= 0.3 is 0 Å². The minimum Gasteiger partial charge on any atom is -0.494 e. The Morgan fingerprint density at radius 1 is 1.04 bits per heavy atom. The number of aryl methyl sites for hydroxylation is 1. The Bertz CT molecular complexity index is 1610. The molecule has 2 fully saturated rings. The molecular weight excluding hydrogens is 602 g/mol. The van der Waals surface area contributed by atoms with Gasteiger partial charge < -0.3 is 32.2 Å². The molecule has 256 valence electrons. The molecule has 1 aromatic carbocycles. The third kappa shape index (κ3) is 9.84. The number of hydrogen-bond donors (Lipinski definition) is 5. The molecule has 1 saturated heterocycles. The van der Waals surface area contributed by atoms with E-state index in [1.165, 1.54) is 18.7 Å². The largest absolute Gasteiger partial charge is 0.494 e. The first kappa shape index (κ1) is 36.0. The number of carbonyl (C=O) groups excluding carboxylic acids is 2. The summed E-state index contributed by atoms with van der Waals surface area (Å²) in [5, 5.41) is 8.47. The average Bonchev–Trinajstić information content (AvgIpc) is 3.91. The number of allylic oxidation sites excluding steroid dienone is 6. The molecule has 2 amide bonds. The van der Waals surface area contributed by atoms with Crippen LogP contribution in [0.25, 0.3) is 5.57 Å². The number of aromatic nitrogens is 1. The fourth-order valence-electron chi connectivity index (χ4n) is 5.51. The Kier molecular flexibility index (Phi) is 13.0. The normalized spacial score (nSPS) is 16.7. The van der Waals surface area contributed by atoms with E-state index in [2.05, 4.69) is 84.1 Å². The maximum Gasteiger partial charge on any atom is 0.269 e. The maximum absolute atomic E-state index is 12.5. The molecule has 0 radical (unpaired) electrons. The predicted molar refractivity (Wildman–Crippen MR) is 193 cm³/mol. The van der Waals surface area contributed by atoms with Crippen molar-refractivity contribution in [3.8, 4) is 5.75 Å². The Morgan fingerprint density at radius 2 is 1.77 bits per heavy atom. The molecule has 2 aliphatic rings. The van der Waals surface area contributed by atoms with Crippen molar-refractivity contribution in [1.29, 1.82) is 0 Å². The van der Waals surface area contributed by atoms with Crippen LogP contribution in [-0.4, -0.2) is 48.9 Å². The molecule has 0 atom stereocenters. The van der Waals surface area contributed by atoms with Crippen LogP contribution in [0.4, 0.5) is 5.69 Å². The third-order valence-corrected chi connectivity index (χ3v) is 8.49. The Labute approximate surface area is 285 Å². The van der Waals surface area contributed by atoms with Gasteiger partial charge in [-0.1, -0.05) is 68.3 Å². The molecule has 1 aliphatic carbocycles. The first-order chi connectivity index (χ1) is 23.2. The van der Waals surface area contributed by atoms with E-state index in [1.807, 2.05) is 18.2 Å². The van der Waals surface area contributed by atoms with Gasteiger partial charge in [-0.15, -0.1) is 0 Å². The molecule has 10 nitrogen and oxygen atoms in total. The summed E-state index contributed by atoms with van der Waals surface area (Å²) in [4.78, 5) is 32.1. The maximum atomic E-state index is 12.5. The zero-order valence-electron chi connectivity index (χ0n) is 28.9. The van der Waals surface area contributed by atoms with Crippen molar-refractivity contribution in [1.82, 2.24) is 20.5 Å². The Morgan fingerprint density at radius 3 is 2.44 bits per heavy atom. The molecule has 0 bridgehead atoms. The van der Waals surface area contributed by atoms with Crippen LogP contribution >= 0.6 is 0 Å². The van der Waals surface area contributed by atoms with Gasteiger partial charge in [-0.3, -0.25) is 19.5 Å². The zero-order valence-corrected chi connectivity index (χ0v) is 28.9. The summed E-state index contributed by atoms with van der Waals surface area (Å²) in [6.45, 7) is 9.33. The van der Waals surface area contributed by atoms with E-state index in [0.717, 1.165) is 74.3 Å². The van der Waals surface area contributed by atoms with Crippen LogP contribution in [-0.2, 0) is 22.6 Å². The smallest absolute Gasteiger partial charge is 0.269 e. The first-order valence-corrected chi connectivity index (χ1v) is 16.8. The highest BCUT2D eigenvalue weighted by Crippen LogP contribution is 2.36. The van der Waals surface area contributed by atoms with Gasteiger partial charge in [0, 0.05) is 55.9 Å². The molecular formula is C38H51N7O3. The number of hydrogen-bond acceptors (Lipinski definition) is 8. The minimum absolute atomic E-state index is 0.0295. The molecule has 48 heavy (non-hydrogen) atoms. The highest BCUT2D eigenvalue weighted by molar-refractivity contribution is 5.94. The van der Waals surface area contributed by atoms with Crippen LogP contribution in [0.3, 0.4) is 0 Å². The van der Waals surface area contributed by atoms with Crippen molar-refractivity contribution < 1.29 is 14.3 Å². The van der Waals surface area contributed by atoms with Gasteiger partial charge in [0.1, 0.15) is 17.3 Å². The fraction of sp³-hybridized carbons (Fsp3) is 0.395. The lowest BCUT2D eigenvalue weighted by Gasteiger charge is -2.39. The number of anilines is 1. The van der Waals surface area contributed by atoms with E-state index in [1.54, 1.807) is 7.11 Å². The van der Waals surface area contributed by atoms with Gasteiger partial charge in [-0.2, -0.15) is 0 Å². The van der Waals surface area contributed by atoms with E-state index in [0.29, 0.717) is 17.4 Å². The SMILES string of the molecule is CC/C=C/C(=C\C=C(/C)C1CN(Cc2cccc(CCC)n2)C1)c1cccc(NC(/C=C(\N)NC(=O)C2CC2)=C(/N)C(=O)NC)c1OC. The van der Waals surface area contributed by atoms with Crippen LogP contribution in [0.5, 0.6) is 5.75 Å². The van der Waals surface area contributed by atoms with Crippen molar-refractivity contribution >= 4 is 23.1 Å². The fourth-order valence-corrected chi connectivity index (χ4v) is 5.51. The Balaban J connectivity index is 1.56. The monoisotopic (exact) mass is 653 g/mol. The van der Waals surface area contributed by atoms with Gasteiger partial charge in [0.15, 0.2) is 0 Å². The molecule has 1 aliphatic heterocycles. The van der Waals surface area contributed by atoms with Crippen LogP contribution in [0.15, 0.2) is 89.6 Å². The van der Waals surface area contributed by atoms with Crippen LogP contribution < -0.4 is 32.2 Å². The van der Waals surface area contributed by atoms with Crippen LogP contribution in [0.1, 0.15) is 63.4 Å². The topological polar surface area (TPSA) is 148 Å². The standard InChI is InChI=1S/C38H51N7O3/c1-6-8-12-26(18-17-25(3)28-22-45(23-28)24-30-14-9-13-29(42-30)11-7-2)31-15-10-16-32(36(31)48-5)43-33(35(40)38(47)41-4)21-34(39)44-37(46)27-19-20-27/h8-10,12-18,21,27-28,43H,6-7,11,19-20,22-24,39-40H2,1-5H3,(H,41,47)(H,44,46)/b12-8+,25-17+,26-18+,34-21+,35-33+. The number of methoxy groups -OCH3 is 1. The number of amides is 2. The van der Waals surface area contributed by atoms with Crippen molar-refractivity contribution in [2.45, 2.75) is 59.4 Å². The third-order valence-electron chi connectivity index (χ3n) is 8.49. The van der Waals surface area contributed by atoms with Gasteiger partial charge in [0.2, 0.25) is 5.91 Å². The number of ether oxygens (including phenoxy) is 1. The van der Waals surface area contributed by atoms with E-state index in [9.17, 15) is 9.59 Å². The van der Waals surface area contributed by atoms with E-state index < -0.39 is 5.91 Å². The number of nitrogens with zero attached hydrogens (tertiary/aromatic N) is 2. The van der Waals surface area contributed by atoms with Gasteiger partial charge in [0.05, 0.1) is 24.2 Å². The number of pyridine rings is 1. The van der Waals surface area contributed by atoms with Gasteiger partial charge in [0.25, 0.3) is 5.91 Å². The summed E-state index contributed by atoms with van der Waals surface area (Å²) in [7, 11) is 3.10. The van der Waals surface area contributed by atoms with Crippen molar-refractivity contribution in [3.05, 3.63) is 107 Å². The zero-order chi connectivity index (χ0) is 34.6. The van der Waals surface area contributed by atoms with Crippen molar-refractivity contribution in [2.24, 2.45) is 23.3 Å². The number of likely N-dealkylation sites (tertiary alicyclic amines) is 1. The lowest BCUT2D eigenvalue weighted by molar-refractivity contribution is -0.121. The van der Waals surface area contributed by atoms with E-state index in [-0.39, 0.29) is 29.0 Å². The summed E-state index contributed by atoms with van der Waals surface area (Å²) in [5.41, 5.74) is 18.6. The molecule has 0 unspecified atom stereocenters. The van der Waals surface area contributed by atoms with Crippen LogP contribution in [0, 0.1) is 11.8 Å². The Hall–Kier alpha value is -4.83. The molecule has 0 spiro atoms. The van der Waals surface area contributed by atoms with Gasteiger partial charge in [-0.05, 0) is 56.4 Å². The van der Waals surface area contributed by atoms with E-state index in [4.69, 9.17) is 21.2 Å².